The largest absolute Gasteiger partial charge is 0.405 e. The average molecular weight is 525 g/mol. The molecule has 1 aliphatic heterocycles. The van der Waals surface area contributed by atoms with Crippen LogP contribution in [-0.4, -0.2) is 42.2 Å². The van der Waals surface area contributed by atoms with E-state index in [2.05, 4.69) is 69.3 Å². The van der Waals surface area contributed by atoms with E-state index in [1.165, 1.54) is 10.4 Å². The van der Waals surface area contributed by atoms with Gasteiger partial charge in [0.15, 0.2) is 0 Å². The van der Waals surface area contributed by atoms with Gasteiger partial charge in [-0.3, -0.25) is 4.18 Å². The van der Waals surface area contributed by atoms with E-state index >= 15 is 0 Å². The second-order valence-electron chi connectivity index (χ2n) is 10.4. The van der Waals surface area contributed by atoms with Crippen molar-refractivity contribution in [1.29, 1.82) is 0 Å². The smallest absolute Gasteiger partial charge is 0.296 e. The Hall–Kier alpha value is -2.29. The summed E-state index contributed by atoms with van der Waals surface area (Å²) in [7, 11) is -6.33. The van der Waals surface area contributed by atoms with Crippen molar-refractivity contribution in [2.45, 2.75) is 62.7 Å². The average Bonchev–Trinajstić information content (AvgIpc) is 3.61. The minimum absolute atomic E-state index is 0.0142. The molecule has 0 aromatic heterocycles. The number of rotatable bonds is 11. The molecule has 0 amide bonds. The SMILES string of the molecule is Cc1ccc(S(=O)(=O)OCCC[C@@H]2O[C@@H]2CO[Si](c2ccccc2)(c2ccccc2)C(C)(C)C)cc1. The summed E-state index contributed by atoms with van der Waals surface area (Å²) in [5.41, 5.74) is 1.01. The van der Waals surface area contributed by atoms with Crippen LogP contribution in [0, 0.1) is 6.92 Å². The number of ether oxygens (including phenoxy) is 1. The van der Waals surface area contributed by atoms with Crippen LogP contribution in [-0.2, 0) is 23.5 Å². The standard InChI is InChI=1S/C29H36O5SSi/c1-23-17-19-24(20-18-23)35(30,31)32-21-11-16-27-28(34-27)22-33-36(29(2,3)4,25-12-7-5-8-13-25)26-14-9-6-10-15-26/h5-10,12-15,17-20,27-28H,11,16,21-22H2,1-4H3/t27-,28+/m0/s1. The van der Waals surface area contributed by atoms with E-state index in [1.54, 1.807) is 24.3 Å². The minimum atomic E-state index is -3.74. The fourth-order valence-electron chi connectivity index (χ4n) is 4.77. The summed E-state index contributed by atoms with van der Waals surface area (Å²) in [4.78, 5) is 0.187. The summed E-state index contributed by atoms with van der Waals surface area (Å²) in [6.45, 7) is 9.35. The highest BCUT2D eigenvalue weighted by molar-refractivity contribution is 7.86. The van der Waals surface area contributed by atoms with E-state index < -0.39 is 18.4 Å². The molecule has 0 saturated carbocycles. The van der Waals surface area contributed by atoms with E-state index in [-0.39, 0.29) is 28.7 Å². The fourth-order valence-corrected chi connectivity index (χ4v) is 10.3. The Kier molecular flexibility index (Phi) is 8.17. The summed E-state index contributed by atoms with van der Waals surface area (Å²) in [6, 6.07) is 27.8. The number of epoxide rings is 1. The molecule has 1 aliphatic rings. The highest BCUT2D eigenvalue weighted by Crippen LogP contribution is 2.38. The zero-order chi connectivity index (χ0) is 25.8. The van der Waals surface area contributed by atoms with Crippen LogP contribution in [0.25, 0.3) is 0 Å². The Morgan fingerprint density at radius 2 is 1.39 bits per heavy atom. The second-order valence-corrected chi connectivity index (χ2v) is 16.3. The Bertz CT molecular complexity index is 1180. The summed E-state index contributed by atoms with van der Waals surface area (Å²) in [6.07, 6.45) is 1.41. The number of hydrogen-bond donors (Lipinski definition) is 0. The number of benzene rings is 3. The lowest BCUT2D eigenvalue weighted by atomic mass is 10.2. The second kappa shape index (κ2) is 11.0. The lowest BCUT2D eigenvalue weighted by Crippen LogP contribution is -2.66. The molecule has 1 heterocycles. The van der Waals surface area contributed by atoms with Gasteiger partial charge in [0.05, 0.1) is 24.2 Å². The van der Waals surface area contributed by atoms with Crippen molar-refractivity contribution in [3.8, 4) is 0 Å². The van der Waals surface area contributed by atoms with Crippen LogP contribution in [0.2, 0.25) is 5.04 Å². The molecule has 36 heavy (non-hydrogen) atoms. The first-order valence-electron chi connectivity index (χ1n) is 12.5. The zero-order valence-electron chi connectivity index (χ0n) is 21.5. The lowest BCUT2D eigenvalue weighted by Gasteiger charge is -2.43. The fraction of sp³-hybridized carbons (Fsp3) is 0.379. The summed E-state index contributed by atoms with van der Waals surface area (Å²) < 4.78 is 42.8. The molecule has 0 aliphatic carbocycles. The van der Waals surface area contributed by atoms with Gasteiger partial charge in [0, 0.05) is 0 Å². The Morgan fingerprint density at radius 1 is 0.833 bits per heavy atom. The van der Waals surface area contributed by atoms with Crippen LogP contribution in [0.4, 0.5) is 0 Å². The van der Waals surface area contributed by atoms with Gasteiger partial charge in [0.2, 0.25) is 0 Å². The molecule has 5 nitrogen and oxygen atoms in total. The Labute approximate surface area is 216 Å². The van der Waals surface area contributed by atoms with Crippen LogP contribution in [0.5, 0.6) is 0 Å². The van der Waals surface area contributed by atoms with Crippen molar-refractivity contribution < 1.29 is 21.8 Å². The molecule has 0 radical (unpaired) electrons. The van der Waals surface area contributed by atoms with Crippen molar-refractivity contribution >= 4 is 28.8 Å². The normalized spacial score (nSPS) is 18.2. The predicted octanol–water partition coefficient (Wildman–Crippen LogP) is 4.82. The van der Waals surface area contributed by atoms with Gasteiger partial charge in [-0.05, 0) is 47.3 Å². The number of aryl methyl sites for hydroxylation is 1. The molecule has 2 atom stereocenters. The number of hydrogen-bond acceptors (Lipinski definition) is 5. The molecule has 1 fully saturated rings. The maximum Gasteiger partial charge on any atom is 0.296 e. The molecule has 192 valence electrons. The Morgan fingerprint density at radius 3 is 1.92 bits per heavy atom. The first kappa shape index (κ1) is 26.8. The van der Waals surface area contributed by atoms with Gasteiger partial charge in [0.1, 0.15) is 6.10 Å². The van der Waals surface area contributed by atoms with Crippen molar-refractivity contribution in [3.63, 3.8) is 0 Å². The van der Waals surface area contributed by atoms with Crippen LogP contribution in [0.3, 0.4) is 0 Å². The molecule has 0 unspecified atom stereocenters. The van der Waals surface area contributed by atoms with E-state index in [9.17, 15) is 8.42 Å². The van der Waals surface area contributed by atoms with E-state index in [0.717, 1.165) is 12.0 Å². The van der Waals surface area contributed by atoms with Crippen LogP contribution in [0.15, 0.2) is 89.8 Å². The van der Waals surface area contributed by atoms with Gasteiger partial charge in [-0.15, -0.1) is 0 Å². The third-order valence-corrected chi connectivity index (χ3v) is 13.1. The summed E-state index contributed by atoms with van der Waals surface area (Å²) in [5.74, 6) is 0. The maximum absolute atomic E-state index is 12.4. The highest BCUT2D eigenvalue weighted by Gasteiger charge is 2.52. The summed E-state index contributed by atoms with van der Waals surface area (Å²) >= 11 is 0. The van der Waals surface area contributed by atoms with E-state index in [4.69, 9.17) is 13.3 Å². The highest BCUT2D eigenvalue weighted by atomic mass is 32.2. The van der Waals surface area contributed by atoms with Crippen molar-refractivity contribution in [2.24, 2.45) is 0 Å². The molecule has 0 bridgehead atoms. The van der Waals surface area contributed by atoms with Gasteiger partial charge < -0.3 is 9.16 Å². The van der Waals surface area contributed by atoms with Gasteiger partial charge in [-0.1, -0.05) is 99.1 Å². The van der Waals surface area contributed by atoms with Crippen LogP contribution >= 0.6 is 0 Å². The zero-order valence-corrected chi connectivity index (χ0v) is 23.3. The van der Waals surface area contributed by atoms with Gasteiger partial charge in [-0.2, -0.15) is 8.42 Å². The molecule has 3 aromatic carbocycles. The molecule has 4 rings (SSSR count). The topological polar surface area (TPSA) is 65.1 Å². The third kappa shape index (κ3) is 5.98. The molecule has 0 spiro atoms. The van der Waals surface area contributed by atoms with Crippen molar-refractivity contribution in [1.82, 2.24) is 0 Å². The minimum Gasteiger partial charge on any atom is -0.405 e. The van der Waals surface area contributed by atoms with Gasteiger partial charge >= 0.3 is 0 Å². The van der Waals surface area contributed by atoms with Crippen LogP contribution in [0.1, 0.15) is 39.2 Å². The molecule has 0 N–H and O–H groups in total. The first-order valence-corrected chi connectivity index (χ1v) is 15.8. The van der Waals surface area contributed by atoms with Crippen molar-refractivity contribution in [3.05, 3.63) is 90.5 Å². The predicted molar refractivity (Wildman–Crippen MR) is 146 cm³/mol. The van der Waals surface area contributed by atoms with Gasteiger partial charge in [0.25, 0.3) is 18.4 Å². The quantitative estimate of drug-likeness (QED) is 0.156. The molecule has 7 heteroatoms. The lowest BCUT2D eigenvalue weighted by molar-refractivity contribution is 0.246. The van der Waals surface area contributed by atoms with E-state index in [1.807, 2.05) is 19.1 Å². The first-order chi connectivity index (χ1) is 17.1. The van der Waals surface area contributed by atoms with E-state index in [0.29, 0.717) is 13.0 Å². The molecule has 3 aromatic rings. The van der Waals surface area contributed by atoms with Crippen molar-refractivity contribution in [2.75, 3.05) is 13.2 Å². The monoisotopic (exact) mass is 524 g/mol. The van der Waals surface area contributed by atoms with Crippen LogP contribution < -0.4 is 10.4 Å². The summed E-state index contributed by atoms with van der Waals surface area (Å²) in [5, 5.41) is 2.41. The maximum atomic E-state index is 12.4. The third-order valence-electron chi connectivity index (χ3n) is 6.75. The van der Waals surface area contributed by atoms with Gasteiger partial charge in [-0.25, -0.2) is 0 Å². The molecular weight excluding hydrogens is 488 g/mol. The molecular formula is C29H36O5SSi. The molecule has 1 saturated heterocycles. The Balaban J connectivity index is 1.36.